The zero-order valence-electron chi connectivity index (χ0n) is 16.9. The molecule has 0 fully saturated rings. The van der Waals surface area contributed by atoms with Gasteiger partial charge in [0, 0.05) is 17.4 Å². The first-order chi connectivity index (χ1) is 13.0. The van der Waals surface area contributed by atoms with Gasteiger partial charge in [-0.15, -0.1) is 0 Å². The summed E-state index contributed by atoms with van der Waals surface area (Å²) in [7, 11) is 0. The van der Waals surface area contributed by atoms with Crippen LogP contribution >= 0.6 is 11.8 Å². The molecule has 4 N–H and O–H groups in total. The lowest BCUT2D eigenvalue weighted by Crippen LogP contribution is -2.33. The molecule has 0 aliphatic heterocycles. The van der Waals surface area contributed by atoms with Gasteiger partial charge in [0.2, 0.25) is 0 Å². The van der Waals surface area contributed by atoms with Gasteiger partial charge in [0.25, 0.3) is 0 Å². The molecule has 0 saturated heterocycles. The number of rotatable bonds is 19. The van der Waals surface area contributed by atoms with Gasteiger partial charge >= 0.3 is 11.9 Å². The van der Waals surface area contributed by atoms with Crippen LogP contribution in [0.1, 0.15) is 90.4 Å². The lowest BCUT2D eigenvalue weighted by molar-refractivity contribution is -0.138. The third kappa shape index (κ3) is 18.1. The van der Waals surface area contributed by atoms with Crippen LogP contribution < -0.4 is 5.73 Å². The number of nitrogens with two attached hydrogens (primary N) is 1. The summed E-state index contributed by atoms with van der Waals surface area (Å²) in [5.74, 6) is -1.55. The van der Waals surface area contributed by atoms with Crippen molar-refractivity contribution in [1.29, 1.82) is 0 Å². The Balaban J connectivity index is 3.85. The first kappa shape index (κ1) is 26.0. The van der Waals surface area contributed by atoms with E-state index in [4.69, 9.17) is 15.9 Å². The Bertz CT molecular complexity index is 415. The van der Waals surface area contributed by atoms with Gasteiger partial charge < -0.3 is 15.9 Å². The zero-order valence-corrected chi connectivity index (χ0v) is 17.7. The average molecular weight is 402 g/mol. The van der Waals surface area contributed by atoms with Crippen LogP contribution in [-0.4, -0.2) is 39.2 Å². The summed E-state index contributed by atoms with van der Waals surface area (Å²) in [6, 6.07) is -0.905. The molecule has 2 unspecified atom stereocenters. The first-order valence-electron chi connectivity index (χ1n) is 10.5. The van der Waals surface area contributed by atoms with Crippen molar-refractivity contribution < 1.29 is 19.8 Å². The van der Waals surface area contributed by atoms with Crippen molar-refractivity contribution in [2.45, 2.75) is 102 Å². The number of unbranched alkanes of at least 4 members (excludes halogenated alkanes) is 10. The highest BCUT2D eigenvalue weighted by Crippen LogP contribution is 2.20. The van der Waals surface area contributed by atoms with Crippen LogP contribution in [0, 0.1) is 0 Å². The molecule has 0 amide bonds. The summed E-state index contributed by atoms with van der Waals surface area (Å²) in [6.45, 7) is 2.24. The molecule has 0 aromatic rings. The number of hydrogen-bond acceptors (Lipinski definition) is 4. The summed E-state index contributed by atoms with van der Waals surface area (Å²) in [6.07, 6.45) is 18.8. The molecule has 0 aromatic carbocycles. The molecule has 0 bridgehead atoms. The fraction of sp³-hybridized carbons (Fsp3) is 0.810. The van der Waals surface area contributed by atoms with Gasteiger partial charge in [-0.05, 0) is 19.3 Å². The highest BCUT2D eigenvalue weighted by atomic mass is 32.2. The molecule has 5 nitrogen and oxygen atoms in total. The summed E-state index contributed by atoms with van der Waals surface area (Å²) >= 11 is 1.43. The Morgan fingerprint density at radius 3 is 2.04 bits per heavy atom. The minimum absolute atomic E-state index is 0.00891. The van der Waals surface area contributed by atoms with E-state index < -0.39 is 18.0 Å². The lowest BCUT2D eigenvalue weighted by Gasteiger charge is -2.13. The van der Waals surface area contributed by atoms with E-state index in [1.165, 1.54) is 69.5 Å². The largest absolute Gasteiger partial charge is 0.481 e. The normalized spacial score (nSPS) is 13.7. The minimum atomic E-state index is -1.02. The first-order valence-corrected chi connectivity index (χ1v) is 11.5. The molecule has 0 rings (SSSR count). The van der Waals surface area contributed by atoms with Crippen molar-refractivity contribution in [3.63, 3.8) is 0 Å². The quantitative estimate of drug-likeness (QED) is 0.202. The Kier molecular flexibility index (Phi) is 17.7. The third-order valence-corrected chi connectivity index (χ3v) is 5.90. The van der Waals surface area contributed by atoms with Crippen molar-refractivity contribution in [2.75, 3.05) is 5.75 Å². The van der Waals surface area contributed by atoms with Gasteiger partial charge in [0.15, 0.2) is 0 Å². The van der Waals surface area contributed by atoms with Crippen LogP contribution in [0.4, 0.5) is 0 Å². The summed E-state index contributed by atoms with van der Waals surface area (Å²) < 4.78 is 0. The minimum Gasteiger partial charge on any atom is -0.481 e. The van der Waals surface area contributed by atoms with Crippen LogP contribution in [0.5, 0.6) is 0 Å². The third-order valence-electron chi connectivity index (χ3n) is 4.52. The maximum atomic E-state index is 10.8. The Hall–Kier alpha value is -1.01. The number of carboxylic acids is 2. The van der Waals surface area contributed by atoms with Gasteiger partial charge in [-0.2, -0.15) is 11.8 Å². The highest BCUT2D eigenvalue weighted by molar-refractivity contribution is 8.00. The highest BCUT2D eigenvalue weighted by Gasteiger charge is 2.15. The van der Waals surface area contributed by atoms with Crippen molar-refractivity contribution in [1.82, 2.24) is 0 Å². The summed E-state index contributed by atoms with van der Waals surface area (Å²) in [4.78, 5) is 21.6. The van der Waals surface area contributed by atoms with Gasteiger partial charge in [0.05, 0.1) is 0 Å². The number of thioether (sulfide) groups is 1. The number of carboxylic acid groups (broad SMARTS) is 2. The second-order valence-corrected chi connectivity index (χ2v) is 8.42. The van der Waals surface area contributed by atoms with E-state index in [0.717, 1.165) is 12.8 Å². The number of carbonyl (C=O) groups is 2. The molecule has 0 aliphatic rings. The molecule has 158 valence electrons. The van der Waals surface area contributed by atoms with Gasteiger partial charge in [-0.3, -0.25) is 9.59 Å². The maximum Gasteiger partial charge on any atom is 0.321 e. The van der Waals surface area contributed by atoms with Crippen molar-refractivity contribution in [3.8, 4) is 0 Å². The molecule has 0 heterocycles. The van der Waals surface area contributed by atoms with Crippen LogP contribution in [0.25, 0.3) is 0 Å². The fourth-order valence-corrected chi connectivity index (χ4v) is 3.90. The van der Waals surface area contributed by atoms with E-state index in [-0.39, 0.29) is 11.7 Å². The molecule has 27 heavy (non-hydrogen) atoms. The van der Waals surface area contributed by atoms with E-state index in [2.05, 4.69) is 13.0 Å². The lowest BCUT2D eigenvalue weighted by atomic mass is 10.1. The predicted octanol–water partition coefficient (Wildman–Crippen LogP) is 5.23. The van der Waals surface area contributed by atoms with Crippen LogP contribution in [0.3, 0.4) is 0 Å². The topological polar surface area (TPSA) is 101 Å². The Morgan fingerprint density at radius 2 is 1.52 bits per heavy atom. The zero-order chi connectivity index (χ0) is 20.3. The van der Waals surface area contributed by atoms with Crippen molar-refractivity contribution in [3.05, 3.63) is 12.2 Å². The Labute approximate surface area is 169 Å². The van der Waals surface area contributed by atoms with Crippen LogP contribution in [0.2, 0.25) is 0 Å². The standard InChI is InChI=1S/C21H39NO4S/c1-2-3-4-5-6-7-8-9-10-11-12-13-14-18(15-16-20(23)24)27-17-19(22)21(25)26/h13-14,18-19H,2-12,15-17,22H2,1H3,(H,23,24)(H,25,26). The molecule has 2 atom stereocenters. The van der Waals surface area contributed by atoms with Crippen LogP contribution in [-0.2, 0) is 9.59 Å². The monoisotopic (exact) mass is 401 g/mol. The molecular weight excluding hydrogens is 362 g/mol. The molecule has 0 saturated carbocycles. The van der Waals surface area contributed by atoms with Crippen molar-refractivity contribution in [2.24, 2.45) is 5.73 Å². The number of aliphatic carboxylic acids is 2. The van der Waals surface area contributed by atoms with Gasteiger partial charge in [0.1, 0.15) is 6.04 Å². The van der Waals surface area contributed by atoms with E-state index in [0.29, 0.717) is 12.2 Å². The van der Waals surface area contributed by atoms with E-state index in [9.17, 15) is 9.59 Å². The second-order valence-electron chi connectivity index (χ2n) is 7.15. The Morgan fingerprint density at radius 1 is 0.963 bits per heavy atom. The molecule has 0 radical (unpaired) electrons. The maximum absolute atomic E-state index is 10.8. The molecule has 0 spiro atoms. The molecule has 6 heteroatoms. The molecule has 0 aromatic heterocycles. The van der Waals surface area contributed by atoms with Gasteiger partial charge in [-0.1, -0.05) is 76.9 Å². The van der Waals surface area contributed by atoms with Gasteiger partial charge in [-0.25, -0.2) is 0 Å². The smallest absolute Gasteiger partial charge is 0.321 e. The number of hydrogen-bond donors (Lipinski definition) is 3. The van der Waals surface area contributed by atoms with Crippen molar-refractivity contribution >= 4 is 23.7 Å². The summed E-state index contributed by atoms with van der Waals surface area (Å²) in [5, 5.41) is 17.7. The molecule has 0 aliphatic carbocycles. The second kappa shape index (κ2) is 18.4. The number of allylic oxidation sites excluding steroid dienone is 1. The predicted molar refractivity (Wildman–Crippen MR) is 114 cm³/mol. The SMILES string of the molecule is CCCCCCCCCCCCC=CC(CCC(=O)O)SCC(N)C(=O)O. The fourth-order valence-electron chi connectivity index (χ4n) is 2.80. The van der Waals surface area contributed by atoms with E-state index >= 15 is 0 Å². The average Bonchev–Trinajstić information content (AvgIpc) is 2.63. The van der Waals surface area contributed by atoms with E-state index in [1.54, 1.807) is 0 Å². The molecular formula is C21H39NO4S. The van der Waals surface area contributed by atoms with Crippen LogP contribution in [0.15, 0.2) is 12.2 Å². The summed E-state index contributed by atoms with van der Waals surface area (Å²) in [5.41, 5.74) is 5.53. The van der Waals surface area contributed by atoms with E-state index in [1.807, 2.05) is 6.08 Å².